The number of amides is 4. The molecule has 4 amide bonds. The number of fused-ring (bicyclic) bond motifs is 3. The van der Waals surface area contributed by atoms with Gasteiger partial charge < -0.3 is 65.1 Å². The van der Waals surface area contributed by atoms with Crippen molar-refractivity contribution in [3.63, 3.8) is 0 Å². The first-order valence-corrected chi connectivity index (χ1v) is 28.1. The number of nitrogens with one attached hydrogen (secondary N) is 3. The number of ether oxygens (including phenoxy) is 7. The number of alkyl halides is 6. The molecule has 1 saturated carbocycles. The van der Waals surface area contributed by atoms with E-state index in [4.69, 9.17) is 58.7 Å². The number of pyridine rings is 1. The maximum absolute atomic E-state index is 14.6. The summed E-state index contributed by atoms with van der Waals surface area (Å²) in [5.74, 6) is -10.8. The van der Waals surface area contributed by atoms with Crippen LogP contribution in [0.25, 0.3) is 10.9 Å². The van der Waals surface area contributed by atoms with Gasteiger partial charge in [-0.3, -0.25) is 33.7 Å². The minimum absolute atomic E-state index is 0.0182. The summed E-state index contributed by atoms with van der Waals surface area (Å²) < 4.78 is 106. The molecule has 5 heterocycles. The van der Waals surface area contributed by atoms with Gasteiger partial charge in [-0.2, -0.15) is 26.3 Å². The van der Waals surface area contributed by atoms with E-state index >= 15 is 0 Å². The van der Waals surface area contributed by atoms with E-state index < -0.39 is 139 Å². The van der Waals surface area contributed by atoms with Gasteiger partial charge in [0.1, 0.15) is 30.0 Å². The Hall–Kier alpha value is -7.05. The minimum atomic E-state index is -5.08. The van der Waals surface area contributed by atoms with Crippen LogP contribution in [0.4, 0.5) is 26.3 Å². The van der Waals surface area contributed by atoms with Crippen molar-refractivity contribution in [3.8, 4) is 0 Å². The number of aromatic nitrogens is 1. The zero-order valence-electron chi connectivity index (χ0n) is 48.9. The molecular formula is C58H74F6N6O17. The van der Waals surface area contributed by atoms with Crippen molar-refractivity contribution in [1.82, 2.24) is 25.8 Å². The topological polar surface area (TPSA) is 320 Å². The van der Waals surface area contributed by atoms with Gasteiger partial charge in [-0.1, -0.05) is 73.9 Å². The third-order valence-corrected chi connectivity index (χ3v) is 14.6. The average Bonchev–Trinajstić information content (AvgIpc) is 1.71. The fourth-order valence-electron chi connectivity index (χ4n) is 10.8. The van der Waals surface area contributed by atoms with Crippen LogP contribution in [-0.4, -0.2) is 172 Å². The molecule has 0 spiro atoms. The molecule has 87 heavy (non-hydrogen) atoms. The van der Waals surface area contributed by atoms with Crippen LogP contribution in [0.5, 0.6) is 0 Å². The van der Waals surface area contributed by atoms with Gasteiger partial charge in [0.2, 0.25) is 17.7 Å². The summed E-state index contributed by atoms with van der Waals surface area (Å²) in [6.07, 6.45) is -11.8. The quantitative estimate of drug-likeness (QED) is 0.0664. The summed E-state index contributed by atoms with van der Waals surface area (Å²) in [6.45, 7) is 13.5. The number of benzene rings is 2. The van der Waals surface area contributed by atoms with E-state index in [1.807, 2.05) is 63.2 Å². The molecule has 7 N–H and O–H groups in total. The summed E-state index contributed by atoms with van der Waals surface area (Å²) in [5.41, 5.74) is 6.51. The maximum atomic E-state index is 14.6. The van der Waals surface area contributed by atoms with E-state index in [-0.39, 0.29) is 43.5 Å². The number of esters is 2. The van der Waals surface area contributed by atoms with E-state index in [0.29, 0.717) is 24.4 Å². The third kappa shape index (κ3) is 20.5. The fraction of sp³-hybridized carbons (Fsp3) is 0.603. The van der Waals surface area contributed by atoms with Crippen LogP contribution in [0.1, 0.15) is 116 Å². The molecule has 2 aromatic carbocycles. The van der Waals surface area contributed by atoms with Gasteiger partial charge in [0.25, 0.3) is 5.91 Å². The molecule has 3 aromatic rings. The maximum Gasteiger partial charge on any atom is 0.490 e. The van der Waals surface area contributed by atoms with E-state index in [1.54, 1.807) is 45.9 Å². The fourth-order valence-corrected chi connectivity index (χ4v) is 10.8. The molecule has 23 nitrogen and oxygen atoms in total. The largest absolute Gasteiger partial charge is 0.490 e. The summed E-state index contributed by atoms with van der Waals surface area (Å²) in [6, 6.07) is 16.7. The Morgan fingerprint density at radius 2 is 1.38 bits per heavy atom. The smallest absolute Gasteiger partial charge is 0.475 e. The van der Waals surface area contributed by atoms with Crippen LogP contribution >= 0.6 is 0 Å². The van der Waals surface area contributed by atoms with E-state index in [9.17, 15) is 55.1 Å². The van der Waals surface area contributed by atoms with E-state index in [2.05, 4.69) is 25.8 Å². The SMILES string of the molecule is CC(C)(C)NC(=O)[C@@H]1CC2CCCCC2CN1C[C@@H](OC(=O)CCC(=O)O[C@H]1[C@@H](C2COC(C)(C)O2)OC2OC(C)(C)O[C@H]21)[C@H](Cc1ccccc1)NC(=O)[C@H](CC(N)=O)NC(=O)c1ccc2ccccc2n1.O=C(O)C(F)(F)F.O=C(O)C(F)(F)F. The molecule has 0 radical (unpaired) electrons. The van der Waals surface area contributed by atoms with Gasteiger partial charge in [-0.25, -0.2) is 14.6 Å². The van der Waals surface area contributed by atoms with Crippen molar-refractivity contribution in [1.29, 1.82) is 0 Å². The lowest BCUT2D eigenvalue weighted by atomic mass is 9.72. The first-order valence-electron chi connectivity index (χ1n) is 28.1. The number of rotatable bonds is 18. The Morgan fingerprint density at radius 1 is 0.770 bits per heavy atom. The minimum Gasteiger partial charge on any atom is -0.475 e. The Balaban J connectivity index is 0.000000771. The average molecular weight is 1240 g/mol. The highest BCUT2D eigenvalue weighted by molar-refractivity contribution is 5.99. The van der Waals surface area contributed by atoms with Crippen molar-refractivity contribution in [2.24, 2.45) is 17.6 Å². The molecule has 5 aliphatic rings. The number of primary amides is 1. The van der Waals surface area contributed by atoms with Gasteiger partial charge in [0.05, 0.1) is 43.5 Å². The Labute approximate surface area is 496 Å². The highest BCUT2D eigenvalue weighted by atomic mass is 19.4. The number of halogens is 6. The van der Waals surface area contributed by atoms with Crippen LogP contribution in [0.2, 0.25) is 0 Å². The lowest BCUT2D eigenvalue weighted by molar-refractivity contribution is -0.235. The molecule has 4 saturated heterocycles. The lowest BCUT2D eigenvalue weighted by Crippen LogP contribution is -2.61. The number of hydrogen-bond acceptors (Lipinski definition) is 17. The third-order valence-electron chi connectivity index (χ3n) is 14.6. The molecule has 480 valence electrons. The van der Waals surface area contributed by atoms with Gasteiger partial charge in [0, 0.05) is 24.0 Å². The summed E-state index contributed by atoms with van der Waals surface area (Å²) >= 11 is 0. The van der Waals surface area contributed by atoms with Gasteiger partial charge in [0.15, 0.2) is 30.1 Å². The number of carboxylic acid groups (broad SMARTS) is 2. The molecular weight excluding hydrogens is 1170 g/mol. The Morgan fingerprint density at radius 3 is 1.98 bits per heavy atom. The monoisotopic (exact) mass is 1240 g/mol. The zero-order chi connectivity index (χ0) is 64.4. The number of hydrogen-bond donors (Lipinski definition) is 6. The number of carboxylic acids is 2. The number of aliphatic carboxylic acids is 2. The molecule has 4 aliphatic heterocycles. The van der Waals surface area contributed by atoms with Crippen LogP contribution < -0.4 is 21.7 Å². The second-order valence-electron chi connectivity index (χ2n) is 23.7. The van der Waals surface area contributed by atoms with Crippen LogP contribution in [0, 0.1) is 11.8 Å². The van der Waals surface area contributed by atoms with Crippen LogP contribution in [0.15, 0.2) is 66.7 Å². The van der Waals surface area contributed by atoms with Crippen molar-refractivity contribution < 1.29 is 108 Å². The van der Waals surface area contributed by atoms with E-state index in [0.717, 1.165) is 36.6 Å². The standard InChI is InChI=1S/C54H72N6O13.2C2HF3O2/c1-52(2,3)59-50(66)39-26-33-18-11-12-19-34(33)28-60(39)29-40(68-43(62)23-24-44(63)69-46-45(41-30-67-53(4,5)71-41)70-51-47(46)72-54(6,7)73-51)37(25-31-15-9-8-10-16-31)57-49(65)38(27-42(55)61)58-48(64)36-22-21-32-17-13-14-20-35(32)56-36;2*3-2(4,5)1(6)7/h8-10,13-17,20-22,33-34,37-41,45-47,51H,11-12,18-19,23-30H2,1-7H3,(H2,55,61)(H,57,65)(H,58,64)(H,59,66);2*(H,6,7)/t33?,34?,37-,38-,39-,40+,41?,45+,46-,47-,51?;;/m0../s1. The number of nitrogens with zero attached hydrogens (tertiary/aromatic N) is 2. The molecule has 5 fully saturated rings. The number of para-hydroxylation sites is 1. The first-order chi connectivity index (χ1) is 40.5. The molecule has 29 heteroatoms. The van der Waals surface area contributed by atoms with Crippen molar-refractivity contribution in [2.75, 3.05) is 19.7 Å². The number of carbonyl (C=O) groups is 8. The zero-order valence-corrected chi connectivity index (χ0v) is 48.9. The Bertz CT molecular complexity index is 2900. The number of nitrogens with two attached hydrogens (primary N) is 1. The normalized spacial score (nSPS) is 25.0. The molecule has 0 bridgehead atoms. The number of piperidine rings is 1. The lowest BCUT2D eigenvalue weighted by Gasteiger charge is -2.47. The van der Waals surface area contributed by atoms with Gasteiger partial charge in [-0.15, -0.1) is 0 Å². The van der Waals surface area contributed by atoms with Crippen molar-refractivity contribution in [3.05, 3.63) is 78.0 Å². The number of carbonyl (C=O) groups excluding carboxylic acids is 6. The summed E-state index contributed by atoms with van der Waals surface area (Å²) in [5, 5.41) is 23.9. The summed E-state index contributed by atoms with van der Waals surface area (Å²) in [7, 11) is 0. The molecule has 11 atom stereocenters. The molecule has 4 unspecified atom stereocenters. The molecule has 8 rings (SSSR count). The predicted octanol–water partition coefficient (Wildman–Crippen LogP) is 5.63. The second-order valence-corrected chi connectivity index (χ2v) is 23.7. The van der Waals surface area contributed by atoms with Gasteiger partial charge in [-0.05, 0) is 97.3 Å². The Kier molecular flexibility index (Phi) is 22.9. The predicted molar refractivity (Wildman–Crippen MR) is 292 cm³/mol. The summed E-state index contributed by atoms with van der Waals surface area (Å²) in [4.78, 5) is 108. The van der Waals surface area contributed by atoms with Gasteiger partial charge >= 0.3 is 36.2 Å². The highest BCUT2D eigenvalue weighted by Crippen LogP contribution is 2.43. The molecule has 1 aromatic heterocycles. The second kappa shape index (κ2) is 28.8. The van der Waals surface area contributed by atoms with E-state index in [1.165, 1.54) is 6.07 Å². The van der Waals surface area contributed by atoms with Crippen LogP contribution in [0.3, 0.4) is 0 Å². The van der Waals surface area contributed by atoms with Crippen LogP contribution in [-0.2, 0) is 73.1 Å². The highest BCUT2D eigenvalue weighted by Gasteiger charge is 2.60. The molecule has 1 aliphatic carbocycles. The van der Waals surface area contributed by atoms with Crippen molar-refractivity contribution in [2.45, 2.75) is 191 Å². The van der Waals surface area contributed by atoms with Crippen molar-refractivity contribution >= 4 is 58.4 Å². The number of likely N-dealkylation sites (tertiary alicyclic amines) is 1. The first kappa shape index (κ1) is 69.1.